The zero-order chi connectivity index (χ0) is 69.0. The minimum absolute atomic E-state index is 0.0199. The van der Waals surface area contributed by atoms with Crippen LogP contribution in [0, 0.1) is 5.92 Å². The van der Waals surface area contributed by atoms with Gasteiger partial charge in [-0.15, -0.1) is 0 Å². The molecule has 33 heteroatoms. The number of amides is 10. The molecule has 3 saturated heterocycles. The highest BCUT2D eigenvalue weighted by molar-refractivity contribution is 5.99. The summed E-state index contributed by atoms with van der Waals surface area (Å²) in [6, 6.07) is -0.519. The first-order valence-electron chi connectivity index (χ1n) is 31.6. The molecule has 2 aromatic carbocycles. The van der Waals surface area contributed by atoms with Gasteiger partial charge in [-0.2, -0.15) is 0 Å². The lowest BCUT2D eigenvalue weighted by molar-refractivity contribution is -0.231. The molecule has 10 amide bonds. The summed E-state index contributed by atoms with van der Waals surface area (Å²) in [5.41, 5.74) is 13.0. The Kier molecular flexibility index (Phi) is 26.8. The number of benzene rings is 2. The second kappa shape index (κ2) is 34.8. The van der Waals surface area contributed by atoms with E-state index in [1.807, 2.05) is 0 Å². The highest BCUT2D eigenvalue weighted by Gasteiger charge is 2.46. The molecule has 0 bridgehead atoms. The van der Waals surface area contributed by atoms with E-state index in [0.29, 0.717) is 47.1 Å². The molecular weight excluding hydrogens is 1240 g/mol. The summed E-state index contributed by atoms with van der Waals surface area (Å²) in [7, 11) is 0. The van der Waals surface area contributed by atoms with Crippen molar-refractivity contribution in [1.82, 2.24) is 67.7 Å². The van der Waals surface area contributed by atoms with Crippen molar-refractivity contribution in [3.63, 3.8) is 0 Å². The van der Waals surface area contributed by atoms with Gasteiger partial charge in [0.25, 0.3) is 0 Å². The van der Waals surface area contributed by atoms with E-state index in [1.165, 1.54) is 41.7 Å². The number of hydrogen-bond donors (Lipinski definition) is 19. The molecule has 2 aromatic heterocycles. The number of aromatic amines is 2. The van der Waals surface area contributed by atoms with Crippen LogP contribution in [0.2, 0.25) is 0 Å². The first kappa shape index (κ1) is 73.1. The maximum atomic E-state index is 15.0. The maximum Gasteiger partial charge on any atom is 0.245 e. The molecule has 14 atom stereocenters. The van der Waals surface area contributed by atoms with Gasteiger partial charge in [-0.05, 0) is 80.7 Å². The number of aliphatic imine (C=N–C) groups is 1. The monoisotopic (exact) mass is 1330 g/mol. The van der Waals surface area contributed by atoms with Gasteiger partial charge < -0.3 is 110 Å². The number of rotatable bonds is 33. The van der Waals surface area contributed by atoms with E-state index >= 15 is 4.79 Å². The zero-order valence-electron chi connectivity index (χ0n) is 53.0. The number of nitrogens with two attached hydrogens (primary N) is 2. The van der Waals surface area contributed by atoms with Gasteiger partial charge in [0.2, 0.25) is 59.1 Å². The second-order valence-electron chi connectivity index (χ2n) is 24.3. The molecule has 518 valence electrons. The van der Waals surface area contributed by atoms with Crippen molar-refractivity contribution in [3.8, 4) is 5.75 Å². The molecule has 3 aliphatic heterocycles. The van der Waals surface area contributed by atoms with Gasteiger partial charge in [0, 0.05) is 80.7 Å². The van der Waals surface area contributed by atoms with Crippen LogP contribution in [0.1, 0.15) is 89.0 Å². The molecular formula is C62H88N16O17. The van der Waals surface area contributed by atoms with Gasteiger partial charge in [-0.1, -0.05) is 44.2 Å². The number of hydrogen-bond acceptors (Lipinski definition) is 19. The number of carbonyl (C=O) groups excluding carboxylic acids is 10. The van der Waals surface area contributed by atoms with E-state index in [4.69, 9.17) is 16.2 Å². The molecule has 0 spiro atoms. The van der Waals surface area contributed by atoms with Crippen molar-refractivity contribution in [2.45, 2.75) is 176 Å². The molecule has 3 aliphatic rings. The fourth-order valence-electron chi connectivity index (χ4n) is 11.6. The first-order chi connectivity index (χ1) is 45.4. The van der Waals surface area contributed by atoms with Crippen LogP contribution >= 0.6 is 0 Å². The Bertz CT molecular complexity index is 3330. The highest BCUT2D eigenvalue weighted by atomic mass is 16.5. The number of likely N-dealkylation sites (N-methyl/N-ethyl adjacent to an activating group) is 1. The highest BCUT2D eigenvalue weighted by Crippen LogP contribution is 2.26. The predicted octanol–water partition coefficient (Wildman–Crippen LogP) is -5.25. The zero-order valence-corrected chi connectivity index (χ0v) is 53.0. The van der Waals surface area contributed by atoms with Crippen molar-refractivity contribution in [2.24, 2.45) is 22.4 Å². The maximum absolute atomic E-state index is 15.0. The molecule has 0 saturated carbocycles. The van der Waals surface area contributed by atoms with Crippen LogP contribution in [0.25, 0.3) is 10.9 Å². The second-order valence-corrected chi connectivity index (χ2v) is 24.3. The Hall–Kier alpha value is -9.28. The average molecular weight is 1330 g/mol. The minimum Gasteiger partial charge on any atom is -0.508 e. The van der Waals surface area contributed by atoms with Gasteiger partial charge in [0.1, 0.15) is 84.5 Å². The molecule has 95 heavy (non-hydrogen) atoms. The van der Waals surface area contributed by atoms with Crippen LogP contribution in [0.4, 0.5) is 0 Å². The van der Waals surface area contributed by atoms with Crippen molar-refractivity contribution in [3.05, 3.63) is 84.1 Å². The Morgan fingerprint density at radius 1 is 0.716 bits per heavy atom. The van der Waals surface area contributed by atoms with Crippen LogP contribution in [-0.2, 0) is 71.9 Å². The predicted molar refractivity (Wildman–Crippen MR) is 339 cm³/mol. The fraction of sp³-hybridized carbons (Fsp3) is 0.548. The number of ether oxygens (including phenoxy) is 1. The average Bonchev–Trinajstić information content (AvgIpc) is 1.70. The number of likely N-dealkylation sites (tertiary alicyclic amines) is 1. The van der Waals surface area contributed by atoms with Crippen molar-refractivity contribution < 1.29 is 83.3 Å². The number of fused-ring (bicyclic) bond motifs is 1. The van der Waals surface area contributed by atoms with E-state index < -0.39 is 158 Å². The minimum atomic E-state index is -1.96. The lowest BCUT2D eigenvalue weighted by Crippen LogP contribution is -2.63. The number of aromatic nitrogens is 3. The number of guanidine groups is 1. The van der Waals surface area contributed by atoms with Gasteiger partial charge >= 0.3 is 0 Å². The molecule has 4 aromatic rings. The summed E-state index contributed by atoms with van der Waals surface area (Å²) in [5.74, 6) is -8.93. The third-order valence-electron chi connectivity index (χ3n) is 16.7. The third-order valence-corrected chi connectivity index (χ3v) is 16.7. The molecule has 3 fully saturated rings. The Morgan fingerprint density at radius 3 is 1.96 bits per heavy atom. The molecule has 21 N–H and O–H groups in total. The van der Waals surface area contributed by atoms with Gasteiger partial charge in [-0.3, -0.25) is 52.9 Å². The number of carbonyl (C=O) groups is 10. The Balaban J connectivity index is 1.17. The van der Waals surface area contributed by atoms with E-state index in [2.05, 4.69) is 67.8 Å². The first-order valence-corrected chi connectivity index (χ1v) is 31.6. The van der Waals surface area contributed by atoms with Crippen LogP contribution in [0.3, 0.4) is 0 Å². The molecule has 0 radical (unpaired) electrons. The van der Waals surface area contributed by atoms with Gasteiger partial charge in [0.05, 0.1) is 25.6 Å². The summed E-state index contributed by atoms with van der Waals surface area (Å²) < 4.78 is 5.79. The summed E-state index contributed by atoms with van der Waals surface area (Å²) >= 11 is 0. The van der Waals surface area contributed by atoms with Crippen molar-refractivity contribution in [1.29, 1.82) is 0 Å². The molecule has 5 heterocycles. The molecule has 1 unspecified atom stereocenters. The number of aliphatic hydroxyl groups is 5. The van der Waals surface area contributed by atoms with Crippen LogP contribution < -0.4 is 59.3 Å². The third kappa shape index (κ3) is 20.4. The number of aromatic hydroxyl groups is 1. The Morgan fingerprint density at radius 2 is 1.33 bits per heavy atom. The number of para-hydroxylation sites is 1. The van der Waals surface area contributed by atoms with Gasteiger partial charge in [-0.25, -0.2) is 4.98 Å². The Labute approximate surface area is 546 Å². The van der Waals surface area contributed by atoms with E-state index in [9.17, 15) is 73.8 Å². The SMILES string of the molecule is CCNC(=O)[C@@H]1CCCN1C(=O)[C@H](CCCN=C(N)N)NC(=O)[C@H](CC(C)C)NC(=O)[C@@H](CC1O[C@H](CO)[C@H](O)[C@H](O)[C@H]1O)NC(=O)[C@H](Cc1ccc(O)cc1)NC(=O)[C@H](CO)NC(=O)[C@H](Cc1c[nH]c2ccccc12)NC(=O)[C@H](Cc1cnc[nH]1)NC(=O)[C@@H]1CCC(=O)N1. The number of phenolic OH excluding ortho intramolecular Hbond substituents is 1. The fourth-order valence-corrected chi connectivity index (χ4v) is 11.6. The van der Waals surface area contributed by atoms with Crippen molar-refractivity contribution in [2.75, 3.05) is 32.8 Å². The lowest BCUT2D eigenvalue weighted by atomic mass is 9.91. The molecule has 33 nitrogen and oxygen atoms in total. The van der Waals surface area contributed by atoms with E-state index in [0.717, 1.165) is 0 Å². The smallest absolute Gasteiger partial charge is 0.245 e. The van der Waals surface area contributed by atoms with Crippen molar-refractivity contribution >= 4 is 75.9 Å². The van der Waals surface area contributed by atoms with Gasteiger partial charge in [0.15, 0.2) is 5.96 Å². The number of nitrogens with one attached hydrogen (secondary N) is 11. The summed E-state index contributed by atoms with van der Waals surface area (Å²) in [5, 5.41) is 88.3. The number of phenols is 1. The van der Waals surface area contributed by atoms with Crippen LogP contribution in [0.5, 0.6) is 5.75 Å². The normalized spacial score (nSPS) is 21.5. The van der Waals surface area contributed by atoms with E-state index in [1.54, 1.807) is 51.2 Å². The molecule has 0 aliphatic carbocycles. The van der Waals surface area contributed by atoms with Crippen LogP contribution in [0.15, 0.2) is 72.2 Å². The number of imidazole rings is 1. The summed E-state index contributed by atoms with van der Waals surface area (Å²) in [6.45, 7) is 3.78. The van der Waals surface area contributed by atoms with E-state index in [-0.39, 0.29) is 87.5 Å². The largest absolute Gasteiger partial charge is 0.508 e. The lowest BCUT2D eigenvalue weighted by Gasteiger charge is -2.41. The number of H-pyrrole nitrogens is 2. The quantitative estimate of drug-likeness (QED) is 0.0120. The number of aliphatic hydroxyl groups excluding tert-OH is 5. The number of nitrogens with zero attached hydrogens (tertiary/aromatic N) is 3. The summed E-state index contributed by atoms with van der Waals surface area (Å²) in [6.07, 6.45) is -4.84. The standard InChI is InChI=1S/C62H88N16O17/c1-4-66-60(93)46-12-8-20-78(46)61(94)39(11-7-19-67-62(63)64)71-54(87)40(21-31(2)3)72-58(91)44(25-47-50(83)52(85)51(84)48(29-80)95-47)76-55(88)41(22-32-13-15-35(81)16-14-32)73-59(92)45(28-79)77-56(89)42(23-33-26-68-37-10-6-5-9-36(33)37)74-57(90)43(24-34-27-65-30-69-34)75-53(86)38-17-18-49(82)70-38/h5-6,9-10,13-16,26-27,30-31,38-48,50-52,68,79-81,83-85H,4,7-8,11-12,17-25,28-29H2,1-3H3,(H,65,69)(H,66,93)(H,70,82)(H,71,87)(H,72,91)(H,73,92)(H,74,90)(H,75,86)(H,76,88)(H,77,89)(H4,63,64,67)/t38-,39-,40-,41-,42-,43-,44+,45-,46-,47?,48+,50-,51-,52+/m0/s1. The van der Waals surface area contributed by atoms with Crippen LogP contribution in [-0.4, -0.2) is 233 Å². The topological polar surface area (TPSA) is 522 Å². The summed E-state index contributed by atoms with van der Waals surface area (Å²) in [4.78, 5) is 157. The molecule has 7 rings (SSSR count).